The van der Waals surface area contributed by atoms with Crippen molar-refractivity contribution in [2.45, 2.75) is 27.2 Å². The van der Waals surface area contributed by atoms with Gasteiger partial charge in [-0.1, -0.05) is 32.1 Å². The molecule has 0 aliphatic rings. The van der Waals surface area contributed by atoms with Crippen molar-refractivity contribution >= 4 is 32.7 Å². The molecule has 0 saturated carbocycles. The molecule has 2 rings (SSSR count). The van der Waals surface area contributed by atoms with Gasteiger partial charge in [0.2, 0.25) is 0 Å². The molecule has 0 aliphatic carbocycles. The van der Waals surface area contributed by atoms with Gasteiger partial charge in [-0.25, -0.2) is 9.78 Å². The van der Waals surface area contributed by atoms with Gasteiger partial charge in [0, 0.05) is 6.54 Å². The number of carbonyl (C=O) groups is 1. The number of thiazole rings is 1. The standard InChI is InChI=1S/C15H20N2O2S/c1-4-7-16-15-17-12-6-5-11(8-13(12)20-15)14(18)19-9-10(2)3/h5-6,8,10H,4,7,9H2,1-3H3,(H,16,17). The summed E-state index contributed by atoms with van der Waals surface area (Å²) in [6.45, 7) is 7.51. The van der Waals surface area contributed by atoms with Crippen molar-refractivity contribution in [3.05, 3.63) is 23.8 Å². The summed E-state index contributed by atoms with van der Waals surface area (Å²) < 4.78 is 6.24. The van der Waals surface area contributed by atoms with Crippen molar-refractivity contribution in [1.29, 1.82) is 0 Å². The van der Waals surface area contributed by atoms with E-state index in [0.717, 1.165) is 28.3 Å². The maximum Gasteiger partial charge on any atom is 0.338 e. The van der Waals surface area contributed by atoms with E-state index in [4.69, 9.17) is 4.74 Å². The first kappa shape index (κ1) is 14.8. The Kier molecular flexibility index (Phi) is 4.95. The van der Waals surface area contributed by atoms with E-state index in [9.17, 15) is 4.79 Å². The van der Waals surface area contributed by atoms with Gasteiger partial charge in [-0.15, -0.1) is 0 Å². The van der Waals surface area contributed by atoms with Gasteiger partial charge < -0.3 is 10.1 Å². The second-order valence-electron chi connectivity index (χ2n) is 5.12. The third-order valence-electron chi connectivity index (χ3n) is 2.70. The van der Waals surface area contributed by atoms with Gasteiger partial charge in [-0.05, 0) is 30.5 Å². The van der Waals surface area contributed by atoms with Crippen LogP contribution in [0.15, 0.2) is 18.2 Å². The lowest BCUT2D eigenvalue weighted by molar-refractivity contribution is 0.0459. The molecule has 20 heavy (non-hydrogen) atoms. The lowest BCUT2D eigenvalue weighted by Crippen LogP contribution is -2.09. The molecular formula is C15H20N2O2S. The predicted octanol–water partition coefficient (Wildman–Crippen LogP) is 3.93. The number of esters is 1. The highest BCUT2D eigenvalue weighted by Crippen LogP contribution is 2.27. The highest BCUT2D eigenvalue weighted by atomic mass is 32.1. The Morgan fingerprint density at radius 2 is 2.25 bits per heavy atom. The molecule has 0 atom stereocenters. The number of carbonyl (C=O) groups excluding carboxylic acids is 1. The van der Waals surface area contributed by atoms with Crippen LogP contribution in [0, 0.1) is 5.92 Å². The summed E-state index contributed by atoms with van der Waals surface area (Å²) in [5.74, 6) is 0.0769. The Hall–Kier alpha value is -1.62. The largest absolute Gasteiger partial charge is 0.462 e. The van der Waals surface area contributed by atoms with Crippen LogP contribution in [-0.2, 0) is 4.74 Å². The fourth-order valence-corrected chi connectivity index (χ4v) is 2.62. The molecule has 108 valence electrons. The van der Waals surface area contributed by atoms with Crippen LogP contribution in [0.25, 0.3) is 10.2 Å². The number of fused-ring (bicyclic) bond motifs is 1. The molecule has 0 bridgehead atoms. The van der Waals surface area contributed by atoms with Crippen LogP contribution in [0.5, 0.6) is 0 Å². The van der Waals surface area contributed by atoms with E-state index < -0.39 is 0 Å². The van der Waals surface area contributed by atoms with Crippen molar-refractivity contribution in [2.24, 2.45) is 5.92 Å². The Balaban J connectivity index is 2.13. The number of ether oxygens (including phenoxy) is 1. The number of anilines is 1. The number of nitrogens with one attached hydrogen (secondary N) is 1. The zero-order valence-electron chi connectivity index (χ0n) is 12.1. The van der Waals surface area contributed by atoms with E-state index in [0.29, 0.717) is 18.1 Å². The first-order chi connectivity index (χ1) is 9.60. The van der Waals surface area contributed by atoms with Crippen molar-refractivity contribution < 1.29 is 9.53 Å². The Morgan fingerprint density at radius 1 is 1.45 bits per heavy atom. The highest BCUT2D eigenvalue weighted by Gasteiger charge is 2.11. The van der Waals surface area contributed by atoms with Crippen molar-refractivity contribution in [2.75, 3.05) is 18.5 Å². The molecular weight excluding hydrogens is 272 g/mol. The average Bonchev–Trinajstić information content (AvgIpc) is 2.84. The monoisotopic (exact) mass is 292 g/mol. The Morgan fingerprint density at radius 3 is 2.95 bits per heavy atom. The van der Waals surface area contributed by atoms with Crippen molar-refractivity contribution in [3.8, 4) is 0 Å². The third kappa shape index (κ3) is 3.70. The summed E-state index contributed by atoms with van der Waals surface area (Å²) in [5, 5.41) is 4.16. The topological polar surface area (TPSA) is 51.2 Å². The molecule has 5 heteroatoms. The molecule has 4 nitrogen and oxygen atoms in total. The van der Waals surface area contributed by atoms with Crippen LogP contribution >= 0.6 is 11.3 Å². The van der Waals surface area contributed by atoms with Crippen LogP contribution in [-0.4, -0.2) is 24.1 Å². The van der Waals surface area contributed by atoms with Crippen LogP contribution < -0.4 is 5.32 Å². The summed E-state index contributed by atoms with van der Waals surface area (Å²) in [5.41, 5.74) is 1.50. The number of benzene rings is 1. The molecule has 0 amide bonds. The van der Waals surface area contributed by atoms with Gasteiger partial charge >= 0.3 is 5.97 Å². The van der Waals surface area contributed by atoms with Gasteiger partial charge in [0.1, 0.15) is 0 Å². The zero-order chi connectivity index (χ0) is 14.5. The average molecular weight is 292 g/mol. The van der Waals surface area contributed by atoms with Gasteiger partial charge in [0.05, 0.1) is 22.4 Å². The smallest absolute Gasteiger partial charge is 0.338 e. The molecule has 0 unspecified atom stereocenters. The maximum atomic E-state index is 11.9. The molecule has 1 heterocycles. The van der Waals surface area contributed by atoms with Crippen LogP contribution in [0.3, 0.4) is 0 Å². The molecule has 1 aromatic carbocycles. The number of hydrogen-bond donors (Lipinski definition) is 1. The van der Waals surface area contributed by atoms with Crippen molar-refractivity contribution in [3.63, 3.8) is 0 Å². The van der Waals surface area contributed by atoms with Crippen LogP contribution in [0.4, 0.5) is 5.13 Å². The van der Waals surface area contributed by atoms with Crippen LogP contribution in [0.2, 0.25) is 0 Å². The van der Waals surface area contributed by atoms with E-state index in [1.54, 1.807) is 17.4 Å². The summed E-state index contributed by atoms with van der Waals surface area (Å²) in [7, 11) is 0. The van der Waals surface area contributed by atoms with Gasteiger partial charge in [0.25, 0.3) is 0 Å². The van der Waals surface area contributed by atoms with E-state index in [1.165, 1.54) is 0 Å². The third-order valence-corrected chi connectivity index (χ3v) is 3.67. The quantitative estimate of drug-likeness (QED) is 0.820. The fraction of sp³-hybridized carbons (Fsp3) is 0.467. The second kappa shape index (κ2) is 6.70. The normalized spacial score (nSPS) is 11.0. The summed E-state index contributed by atoms with van der Waals surface area (Å²) in [6.07, 6.45) is 1.06. The minimum absolute atomic E-state index is 0.267. The van der Waals surface area contributed by atoms with E-state index in [-0.39, 0.29) is 5.97 Å². The molecule has 0 spiro atoms. The molecule has 1 N–H and O–H groups in total. The fourth-order valence-electron chi connectivity index (χ4n) is 1.68. The molecule has 1 aromatic heterocycles. The minimum atomic E-state index is -0.267. The van der Waals surface area contributed by atoms with Crippen LogP contribution in [0.1, 0.15) is 37.6 Å². The second-order valence-corrected chi connectivity index (χ2v) is 6.15. The van der Waals surface area contributed by atoms with Gasteiger partial charge in [-0.2, -0.15) is 0 Å². The van der Waals surface area contributed by atoms with E-state index in [2.05, 4.69) is 17.2 Å². The number of aromatic nitrogens is 1. The number of nitrogens with zero attached hydrogens (tertiary/aromatic N) is 1. The summed E-state index contributed by atoms with van der Waals surface area (Å²) >= 11 is 1.56. The summed E-state index contributed by atoms with van der Waals surface area (Å²) in [6, 6.07) is 5.50. The zero-order valence-corrected chi connectivity index (χ0v) is 12.9. The predicted molar refractivity (Wildman–Crippen MR) is 83.5 cm³/mol. The lowest BCUT2D eigenvalue weighted by Gasteiger charge is -2.06. The molecule has 2 aromatic rings. The minimum Gasteiger partial charge on any atom is -0.462 e. The number of rotatable bonds is 6. The Labute approximate surface area is 123 Å². The molecule has 0 aliphatic heterocycles. The van der Waals surface area contributed by atoms with E-state index in [1.807, 2.05) is 26.0 Å². The molecule has 0 saturated heterocycles. The first-order valence-corrected chi connectivity index (χ1v) is 7.73. The molecule has 0 fully saturated rings. The van der Waals surface area contributed by atoms with Gasteiger partial charge in [-0.3, -0.25) is 0 Å². The van der Waals surface area contributed by atoms with Gasteiger partial charge in [0.15, 0.2) is 5.13 Å². The maximum absolute atomic E-state index is 11.9. The van der Waals surface area contributed by atoms with Crippen molar-refractivity contribution in [1.82, 2.24) is 4.98 Å². The molecule has 0 radical (unpaired) electrons. The first-order valence-electron chi connectivity index (χ1n) is 6.91. The lowest BCUT2D eigenvalue weighted by atomic mass is 10.2. The SMILES string of the molecule is CCCNc1nc2ccc(C(=O)OCC(C)C)cc2s1. The van der Waals surface area contributed by atoms with E-state index >= 15 is 0 Å². The highest BCUT2D eigenvalue weighted by molar-refractivity contribution is 7.22. The number of hydrogen-bond acceptors (Lipinski definition) is 5. The Bertz CT molecular complexity index is 593. The summed E-state index contributed by atoms with van der Waals surface area (Å²) in [4.78, 5) is 16.4.